The molecular weight excluding hydrogens is 140 g/mol. The van der Waals surface area contributed by atoms with E-state index in [9.17, 15) is 13.6 Å². The van der Waals surface area contributed by atoms with Crippen LogP contribution in [0.3, 0.4) is 0 Å². The molecule has 0 saturated carbocycles. The average molecular weight is 141 g/mol. The summed E-state index contributed by atoms with van der Waals surface area (Å²) in [7, 11) is 0. The van der Waals surface area contributed by atoms with Crippen LogP contribution in [0.1, 0.15) is 0 Å². The van der Waals surface area contributed by atoms with Crippen molar-refractivity contribution in [3.63, 3.8) is 0 Å². The van der Waals surface area contributed by atoms with Crippen LogP contribution < -0.4 is 0 Å². The molecular formula is C2HF2NO4. The van der Waals surface area contributed by atoms with Crippen LogP contribution in [0.4, 0.5) is 8.78 Å². The highest BCUT2D eigenvalue weighted by Crippen LogP contribution is 2.12. The molecule has 0 radical (unpaired) electrons. The Morgan fingerprint density at radius 2 is 2.00 bits per heavy atom. The van der Waals surface area contributed by atoms with E-state index in [4.69, 9.17) is 15.2 Å². The van der Waals surface area contributed by atoms with Gasteiger partial charge in [0, 0.05) is 0 Å². The van der Waals surface area contributed by atoms with Crippen molar-refractivity contribution < 1.29 is 23.6 Å². The van der Waals surface area contributed by atoms with Gasteiger partial charge in [-0.15, -0.1) is 8.78 Å². The Kier molecular flexibility index (Phi) is 1.65. The molecule has 0 atom stereocenters. The summed E-state index contributed by atoms with van der Waals surface area (Å²) in [5.41, 5.74) is 0. The first-order valence-corrected chi connectivity index (χ1v) is 1.64. The highest BCUT2D eigenvalue weighted by atomic mass is 19.3. The maximum Gasteiger partial charge on any atom is 0.612 e. The van der Waals surface area contributed by atoms with E-state index in [2.05, 4.69) is 0 Å². The summed E-state index contributed by atoms with van der Waals surface area (Å²) in [6, 6.07) is -4.86. The zero-order valence-corrected chi connectivity index (χ0v) is 3.88. The van der Waals surface area contributed by atoms with Gasteiger partial charge in [0.1, 0.15) is 4.92 Å². The number of hydrogen-bond donors (Lipinski definition) is 1. The lowest BCUT2D eigenvalue weighted by Gasteiger charge is -1.97. The van der Waals surface area contributed by atoms with Crippen LogP contribution >= 0.6 is 0 Å². The molecule has 0 rings (SSSR count). The minimum Gasteiger partial charge on any atom is -0.471 e. The van der Waals surface area contributed by atoms with Crippen molar-refractivity contribution in [2.24, 2.45) is 0 Å². The van der Waals surface area contributed by atoms with E-state index >= 15 is 0 Å². The highest BCUT2D eigenvalue weighted by molar-refractivity contribution is 5.72. The first kappa shape index (κ1) is 7.73. The topological polar surface area (TPSA) is 80.4 Å². The summed E-state index contributed by atoms with van der Waals surface area (Å²) in [5.74, 6) is -2.76. The smallest absolute Gasteiger partial charge is 0.471 e. The first-order valence-electron chi connectivity index (χ1n) is 1.64. The second-order valence-corrected chi connectivity index (χ2v) is 1.10. The average Bonchev–Trinajstić information content (AvgIpc) is 1.65. The van der Waals surface area contributed by atoms with Crippen LogP contribution in [0.25, 0.3) is 0 Å². The second kappa shape index (κ2) is 1.92. The summed E-state index contributed by atoms with van der Waals surface area (Å²) >= 11 is 0. The molecule has 0 aromatic rings. The molecule has 0 aromatic heterocycles. The van der Waals surface area contributed by atoms with E-state index in [1.807, 2.05) is 0 Å². The maximum atomic E-state index is 11.4. The fraction of sp³-hybridized carbons (Fsp3) is 0.500. The van der Waals surface area contributed by atoms with Crippen LogP contribution in [0.5, 0.6) is 0 Å². The fourth-order valence-corrected chi connectivity index (χ4v) is 0.0781. The molecule has 0 saturated heterocycles. The van der Waals surface area contributed by atoms with Crippen LogP contribution in [0.15, 0.2) is 0 Å². The molecule has 52 valence electrons. The molecule has 0 amide bonds. The summed E-state index contributed by atoms with van der Waals surface area (Å²) in [6.07, 6.45) is 0. The van der Waals surface area contributed by atoms with Crippen molar-refractivity contribution in [3.05, 3.63) is 10.1 Å². The van der Waals surface area contributed by atoms with Gasteiger partial charge in [0.25, 0.3) is 0 Å². The number of carboxylic acids is 1. The van der Waals surface area contributed by atoms with E-state index < -0.39 is 16.9 Å². The minimum absolute atomic E-state index is 2.17. The highest BCUT2D eigenvalue weighted by Gasteiger charge is 2.54. The number of hydrogen-bond acceptors (Lipinski definition) is 3. The number of aliphatic carboxylic acids is 1. The van der Waals surface area contributed by atoms with E-state index in [1.54, 1.807) is 0 Å². The standard InChI is InChI=1S/C2HF2NO4/c3-2(4,1(6)7)5(8)9/h(H,6,7). The molecule has 0 aromatic carbocycles. The summed E-state index contributed by atoms with van der Waals surface area (Å²) < 4.78 is 22.7. The first-order chi connectivity index (χ1) is 3.89. The van der Waals surface area contributed by atoms with E-state index in [0.717, 1.165) is 0 Å². The molecule has 0 bridgehead atoms. The van der Waals surface area contributed by atoms with Crippen LogP contribution in [0.2, 0.25) is 0 Å². The van der Waals surface area contributed by atoms with Crippen LogP contribution in [0, 0.1) is 10.1 Å². The normalized spacial score (nSPS) is 10.9. The Morgan fingerprint density at radius 1 is 1.67 bits per heavy atom. The third-order valence-electron chi connectivity index (χ3n) is 0.487. The van der Waals surface area contributed by atoms with Gasteiger partial charge in [-0.3, -0.25) is 10.1 Å². The van der Waals surface area contributed by atoms with Crippen molar-refractivity contribution in [1.29, 1.82) is 0 Å². The zero-order valence-electron chi connectivity index (χ0n) is 3.88. The van der Waals surface area contributed by atoms with Crippen LogP contribution in [-0.2, 0) is 4.79 Å². The Balaban J connectivity index is 4.38. The van der Waals surface area contributed by atoms with Gasteiger partial charge in [0.05, 0.1) is 0 Å². The van der Waals surface area contributed by atoms with Gasteiger partial charge in [-0.2, -0.15) is 0 Å². The molecule has 0 spiro atoms. The van der Waals surface area contributed by atoms with Gasteiger partial charge in [0.15, 0.2) is 0 Å². The fourth-order valence-electron chi connectivity index (χ4n) is 0.0781. The van der Waals surface area contributed by atoms with Crippen molar-refractivity contribution in [1.82, 2.24) is 0 Å². The van der Waals surface area contributed by atoms with Gasteiger partial charge < -0.3 is 5.11 Å². The quantitative estimate of drug-likeness (QED) is 0.332. The Bertz CT molecular complexity index is 139. The SMILES string of the molecule is O=C(O)C(F)(F)[N+](=O)[O-]. The number of carboxylic acid groups (broad SMARTS) is 1. The zero-order chi connectivity index (χ0) is 7.65. The monoisotopic (exact) mass is 141 g/mol. The van der Waals surface area contributed by atoms with Gasteiger partial charge in [-0.1, -0.05) is 0 Å². The van der Waals surface area contributed by atoms with E-state index in [1.165, 1.54) is 0 Å². The van der Waals surface area contributed by atoms with Crippen LogP contribution in [-0.4, -0.2) is 22.0 Å². The molecule has 7 heteroatoms. The summed E-state index contributed by atoms with van der Waals surface area (Å²) in [6.45, 7) is 0. The Morgan fingerprint density at radius 3 is 2.00 bits per heavy atom. The number of carbonyl (C=O) groups is 1. The number of rotatable bonds is 2. The van der Waals surface area contributed by atoms with Gasteiger partial charge in [-0.25, -0.2) is 4.79 Å². The molecule has 0 fully saturated rings. The third-order valence-corrected chi connectivity index (χ3v) is 0.487. The van der Waals surface area contributed by atoms with Crippen molar-refractivity contribution in [2.45, 2.75) is 6.05 Å². The van der Waals surface area contributed by atoms with Gasteiger partial charge in [-0.05, 0) is 0 Å². The number of nitrogens with zero attached hydrogens (tertiary/aromatic N) is 1. The van der Waals surface area contributed by atoms with Gasteiger partial charge in [0.2, 0.25) is 0 Å². The predicted molar refractivity (Wildman–Crippen MR) is 19.6 cm³/mol. The summed E-state index contributed by atoms with van der Waals surface area (Å²) in [5, 5.41) is 16.6. The van der Waals surface area contributed by atoms with Crippen molar-refractivity contribution in [2.75, 3.05) is 0 Å². The number of nitro groups is 1. The third kappa shape index (κ3) is 1.31. The molecule has 0 aliphatic rings. The maximum absolute atomic E-state index is 11.4. The lowest BCUT2D eigenvalue weighted by molar-refractivity contribution is -0.624. The lowest BCUT2D eigenvalue weighted by atomic mass is 10.6. The predicted octanol–water partition coefficient (Wildman–Crippen LogP) is -0.0595. The second-order valence-electron chi connectivity index (χ2n) is 1.10. The minimum atomic E-state index is -4.86. The number of halogens is 2. The number of alkyl halides is 2. The lowest BCUT2D eigenvalue weighted by Crippen LogP contribution is -2.36. The largest absolute Gasteiger partial charge is 0.612 e. The molecule has 9 heavy (non-hydrogen) atoms. The van der Waals surface area contributed by atoms with Crippen molar-refractivity contribution in [3.8, 4) is 0 Å². The Labute approximate surface area is 47.0 Å². The Hall–Kier alpha value is -1.27. The summed E-state index contributed by atoms with van der Waals surface area (Å²) in [4.78, 5) is 16.2. The van der Waals surface area contributed by atoms with E-state index in [0.29, 0.717) is 0 Å². The van der Waals surface area contributed by atoms with Gasteiger partial charge >= 0.3 is 12.0 Å². The molecule has 5 nitrogen and oxygen atoms in total. The molecule has 0 unspecified atom stereocenters. The molecule has 0 aliphatic heterocycles. The molecule has 1 N–H and O–H groups in total. The van der Waals surface area contributed by atoms with Crippen molar-refractivity contribution >= 4 is 5.97 Å². The molecule has 0 heterocycles. The molecule has 0 aliphatic carbocycles. The van der Waals surface area contributed by atoms with E-state index in [-0.39, 0.29) is 0 Å².